The molecule has 2 unspecified atom stereocenters. The maximum Gasteiger partial charge on any atom is 0.263 e. The van der Waals surface area contributed by atoms with E-state index >= 15 is 0 Å². The van der Waals surface area contributed by atoms with Gasteiger partial charge in [0.1, 0.15) is 9.88 Å². The molecule has 6 nitrogen and oxygen atoms in total. The number of amides is 2. The van der Waals surface area contributed by atoms with Crippen molar-refractivity contribution in [1.82, 2.24) is 10.6 Å². The summed E-state index contributed by atoms with van der Waals surface area (Å²) in [6, 6.07) is 0.379. The summed E-state index contributed by atoms with van der Waals surface area (Å²) in [5.41, 5.74) is 6.62. The number of nitrogens with one attached hydrogen (secondary N) is 3. The fourth-order valence-corrected chi connectivity index (χ4v) is 3.59. The molecule has 0 saturated heterocycles. The Morgan fingerprint density at radius 1 is 1.29 bits per heavy atom. The Kier molecular flexibility index (Phi) is 4.72. The summed E-state index contributed by atoms with van der Waals surface area (Å²) in [5, 5.41) is 9.19. The molecule has 2 amide bonds. The van der Waals surface area contributed by atoms with Gasteiger partial charge in [0.2, 0.25) is 0 Å². The highest BCUT2D eigenvalue weighted by Crippen LogP contribution is 2.42. The first-order chi connectivity index (χ1) is 10.0. The van der Waals surface area contributed by atoms with Crippen LogP contribution in [0.5, 0.6) is 0 Å². The molecule has 1 aromatic heterocycles. The zero-order chi connectivity index (χ0) is 15.6. The van der Waals surface area contributed by atoms with Crippen LogP contribution in [0.25, 0.3) is 0 Å². The van der Waals surface area contributed by atoms with Crippen molar-refractivity contribution in [3.05, 3.63) is 10.4 Å². The topological polar surface area (TPSA) is 96.2 Å². The zero-order valence-electron chi connectivity index (χ0n) is 12.6. The summed E-state index contributed by atoms with van der Waals surface area (Å²) < 4.78 is 0. The molecule has 0 bridgehead atoms. The predicted molar refractivity (Wildman–Crippen MR) is 85.9 cm³/mol. The fourth-order valence-electron chi connectivity index (χ4n) is 2.46. The minimum absolute atomic E-state index is 0.244. The number of carbonyl (C=O) groups excluding carboxylic acids is 2. The van der Waals surface area contributed by atoms with E-state index in [4.69, 9.17) is 5.73 Å². The first-order valence-corrected chi connectivity index (χ1v) is 7.98. The third-order valence-corrected chi connectivity index (χ3v) is 4.87. The molecule has 0 aromatic carbocycles. The Hall–Kier alpha value is -1.76. The first-order valence-electron chi connectivity index (χ1n) is 7.16. The summed E-state index contributed by atoms with van der Waals surface area (Å²) in [6.07, 6.45) is 3.44. The number of carbonyl (C=O) groups is 2. The lowest BCUT2D eigenvalue weighted by atomic mass is 10.2. The van der Waals surface area contributed by atoms with Crippen LogP contribution in [0.4, 0.5) is 10.7 Å². The van der Waals surface area contributed by atoms with Gasteiger partial charge in [-0.3, -0.25) is 9.59 Å². The largest absolute Gasteiger partial charge is 0.397 e. The van der Waals surface area contributed by atoms with Gasteiger partial charge in [0.15, 0.2) is 0 Å². The summed E-state index contributed by atoms with van der Waals surface area (Å²) in [6.45, 7) is 2.16. The van der Waals surface area contributed by atoms with Crippen molar-refractivity contribution < 1.29 is 9.59 Å². The molecule has 7 heteroatoms. The van der Waals surface area contributed by atoms with Crippen molar-refractivity contribution in [1.29, 1.82) is 0 Å². The standard InChI is InChI=1S/C14H22N4O2S/c1-4-5-7-6-8(7)18-14-9(12(19)16-2)10(15)11(21-14)13(20)17-3/h7-8,18H,4-6,15H2,1-3H3,(H,16,19)(H,17,20). The highest BCUT2D eigenvalue weighted by molar-refractivity contribution is 7.19. The van der Waals surface area contributed by atoms with Crippen LogP contribution in [0.1, 0.15) is 46.2 Å². The van der Waals surface area contributed by atoms with E-state index in [1.165, 1.54) is 17.8 Å². The molecular weight excluding hydrogens is 288 g/mol. The Morgan fingerprint density at radius 2 is 1.95 bits per heavy atom. The van der Waals surface area contributed by atoms with Gasteiger partial charge in [0.25, 0.3) is 11.8 Å². The maximum absolute atomic E-state index is 12.0. The van der Waals surface area contributed by atoms with Gasteiger partial charge in [0, 0.05) is 20.1 Å². The molecule has 1 aliphatic carbocycles. The molecule has 116 valence electrons. The molecule has 1 fully saturated rings. The fraction of sp³-hybridized carbons (Fsp3) is 0.571. The van der Waals surface area contributed by atoms with Gasteiger partial charge in [-0.2, -0.15) is 0 Å². The van der Waals surface area contributed by atoms with Crippen LogP contribution in [0.15, 0.2) is 0 Å². The number of thiophene rings is 1. The van der Waals surface area contributed by atoms with Gasteiger partial charge in [-0.05, 0) is 18.8 Å². The molecule has 1 saturated carbocycles. The zero-order valence-corrected chi connectivity index (χ0v) is 13.4. The highest BCUT2D eigenvalue weighted by atomic mass is 32.1. The van der Waals surface area contributed by atoms with Gasteiger partial charge < -0.3 is 21.7 Å². The van der Waals surface area contributed by atoms with Crippen LogP contribution in [0, 0.1) is 5.92 Å². The number of nitrogens with two attached hydrogens (primary N) is 1. The molecule has 2 atom stereocenters. The molecular formula is C14H22N4O2S. The summed E-state index contributed by atoms with van der Waals surface area (Å²) in [4.78, 5) is 24.3. The average Bonchev–Trinajstić information content (AvgIpc) is 3.12. The van der Waals surface area contributed by atoms with Crippen molar-refractivity contribution in [3.63, 3.8) is 0 Å². The first kappa shape index (κ1) is 15.6. The number of nitrogen functional groups attached to an aromatic ring is 1. The van der Waals surface area contributed by atoms with Crippen LogP contribution in [0.3, 0.4) is 0 Å². The lowest BCUT2D eigenvalue weighted by Gasteiger charge is -2.06. The van der Waals surface area contributed by atoms with E-state index in [1.807, 2.05) is 0 Å². The normalized spacial score (nSPS) is 20.0. The van der Waals surface area contributed by atoms with Crippen molar-refractivity contribution in [2.24, 2.45) is 5.92 Å². The maximum atomic E-state index is 12.0. The van der Waals surface area contributed by atoms with Crippen LogP contribution < -0.4 is 21.7 Å². The smallest absolute Gasteiger partial charge is 0.263 e. The third-order valence-electron chi connectivity index (χ3n) is 3.73. The molecule has 2 rings (SSSR count). The highest BCUT2D eigenvalue weighted by Gasteiger charge is 2.37. The molecule has 5 N–H and O–H groups in total. The van der Waals surface area contributed by atoms with Gasteiger partial charge in [-0.1, -0.05) is 13.3 Å². The summed E-state index contributed by atoms with van der Waals surface area (Å²) in [5.74, 6) is 0.116. The molecule has 0 spiro atoms. The second-order valence-electron chi connectivity index (χ2n) is 5.24. The monoisotopic (exact) mass is 310 g/mol. The van der Waals surface area contributed by atoms with E-state index in [0.717, 1.165) is 12.8 Å². The number of rotatable bonds is 6. The summed E-state index contributed by atoms with van der Waals surface area (Å²) >= 11 is 1.24. The minimum Gasteiger partial charge on any atom is -0.397 e. The van der Waals surface area contributed by atoms with Crippen LogP contribution in [-0.2, 0) is 0 Å². The number of hydrogen-bond acceptors (Lipinski definition) is 5. The molecule has 0 aliphatic heterocycles. The molecule has 21 heavy (non-hydrogen) atoms. The lowest BCUT2D eigenvalue weighted by Crippen LogP contribution is -2.22. The quantitative estimate of drug-likeness (QED) is 0.642. The van der Waals surface area contributed by atoms with Crippen LogP contribution >= 0.6 is 11.3 Å². The van der Waals surface area contributed by atoms with E-state index in [1.54, 1.807) is 14.1 Å². The van der Waals surface area contributed by atoms with Crippen LogP contribution in [0.2, 0.25) is 0 Å². The number of hydrogen-bond donors (Lipinski definition) is 4. The van der Waals surface area contributed by atoms with Crippen LogP contribution in [-0.4, -0.2) is 32.0 Å². The Morgan fingerprint density at radius 3 is 2.52 bits per heavy atom. The Bertz CT molecular complexity index is 555. The number of anilines is 2. The predicted octanol–water partition coefficient (Wildman–Crippen LogP) is 1.65. The van der Waals surface area contributed by atoms with E-state index in [9.17, 15) is 9.59 Å². The summed E-state index contributed by atoms with van der Waals surface area (Å²) in [7, 11) is 3.10. The van der Waals surface area contributed by atoms with E-state index < -0.39 is 0 Å². The van der Waals surface area contributed by atoms with Gasteiger partial charge >= 0.3 is 0 Å². The molecule has 1 aliphatic rings. The SMILES string of the molecule is CCCC1CC1Nc1sc(C(=O)NC)c(N)c1C(=O)NC. The van der Waals surface area contributed by atoms with Crippen molar-refractivity contribution in [2.75, 3.05) is 25.1 Å². The van der Waals surface area contributed by atoms with E-state index in [-0.39, 0.29) is 17.5 Å². The van der Waals surface area contributed by atoms with Crippen molar-refractivity contribution in [3.8, 4) is 0 Å². The lowest BCUT2D eigenvalue weighted by molar-refractivity contribution is 0.0963. The second kappa shape index (κ2) is 6.34. The molecule has 1 heterocycles. The van der Waals surface area contributed by atoms with Crippen molar-refractivity contribution >= 4 is 33.8 Å². The van der Waals surface area contributed by atoms with Gasteiger partial charge in [0.05, 0.1) is 11.3 Å². The Labute approximate surface area is 128 Å². The van der Waals surface area contributed by atoms with Crippen molar-refractivity contribution in [2.45, 2.75) is 32.2 Å². The minimum atomic E-state index is -0.269. The van der Waals surface area contributed by atoms with Gasteiger partial charge in [-0.25, -0.2) is 0 Å². The molecule has 0 radical (unpaired) electrons. The van der Waals surface area contributed by atoms with E-state index in [0.29, 0.717) is 27.4 Å². The third kappa shape index (κ3) is 3.12. The van der Waals surface area contributed by atoms with Gasteiger partial charge in [-0.15, -0.1) is 11.3 Å². The van der Waals surface area contributed by atoms with E-state index in [2.05, 4.69) is 22.9 Å². The second-order valence-corrected chi connectivity index (χ2v) is 6.26. The average molecular weight is 310 g/mol. The molecule has 1 aromatic rings. The Balaban J connectivity index is 2.26.